The molecule has 8 nitrogen and oxygen atoms in total. The lowest BCUT2D eigenvalue weighted by molar-refractivity contribution is -0.135. The Hall–Kier alpha value is -3.55. The Morgan fingerprint density at radius 1 is 0.938 bits per heavy atom. The highest BCUT2D eigenvalue weighted by molar-refractivity contribution is 5.96. The van der Waals surface area contributed by atoms with Crippen LogP contribution in [0.15, 0.2) is 48.5 Å². The van der Waals surface area contributed by atoms with Gasteiger partial charge in [0.05, 0.1) is 14.2 Å². The van der Waals surface area contributed by atoms with Gasteiger partial charge in [0.2, 0.25) is 11.8 Å². The molecule has 0 atom stereocenters. The number of nitrogens with zero attached hydrogens (tertiary/aromatic N) is 1. The molecule has 0 aromatic heterocycles. The van der Waals surface area contributed by atoms with E-state index >= 15 is 0 Å². The number of ether oxygens (including phenoxy) is 2. The third kappa shape index (κ3) is 6.00. The largest absolute Gasteiger partial charge is 0.493 e. The molecule has 170 valence electrons. The summed E-state index contributed by atoms with van der Waals surface area (Å²) in [7, 11) is 3.00. The summed E-state index contributed by atoms with van der Waals surface area (Å²) in [5.41, 5.74) is 6.41. The molecule has 2 N–H and O–H groups in total. The zero-order valence-corrected chi connectivity index (χ0v) is 18.4. The molecule has 32 heavy (non-hydrogen) atoms. The van der Waals surface area contributed by atoms with Crippen LogP contribution in [0.1, 0.15) is 35.2 Å². The van der Waals surface area contributed by atoms with Crippen molar-refractivity contribution >= 4 is 17.7 Å². The summed E-state index contributed by atoms with van der Waals surface area (Å²) in [5.74, 6) is 0.0883. The third-order valence-corrected chi connectivity index (χ3v) is 5.63. The van der Waals surface area contributed by atoms with E-state index in [9.17, 15) is 14.4 Å². The average molecular weight is 440 g/mol. The zero-order valence-electron chi connectivity index (χ0n) is 18.4. The minimum absolute atomic E-state index is 0.106. The first-order chi connectivity index (χ1) is 15.5. The number of likely N-dealkylation sites (tertiary alicyclic amines) is 1. The van der Waals surface area contributed by atoms with E-state index in [-0.39, 0.29) is 17.7 Å². The van der Waals surface area contributed by atoms with Gasteiger partial charge in [-0.25, -0.2) is 0 Å². The van der Waals surface area contributed by atoms with Gasteiger partial charge >= 0.3 is 0 Å². The number of rotatable bonds is 7. The second-order valence-corrected chi connectivity index (χ2v) is 7.65. The molecule has 1 fully saturated rings. The Bertz CT molecular complexity index is 940. The predicted octanol–water partition coefficient (Wildman–Crippen LogP) is 2.34. The number of amides is 3. The van der Waals surface area contributed by atoms with Crippen molar-refractivity contribution in [3.63, 3.8) is 0 Å². The molecule has 0 spiro atoms. The first-order valence-electron chi connectivity index (χ1n) is 10.7. The molecule has 3 amide bonds. The number of carbonyl (C=O) groups is 3. The lowest BCUT2D eigenvalue weighted by Crippen LogP contribution is -2.48. The van der Waals surface area contributed by atoms with Gasteiger partial charge in [0.15, 0.2) is 11.5 Å². The normalized spacial score (nSPS) is 13.9. The van der Waals surface area contributed by atoms with E-state index in [1.807, 2.05) is 35.2 Å². The molecule has 8 heteroatoms. The van der Waals surface area contributed by atoms with Crippen LogP contribution in [0.25, 0.3) is 0 Å². The molecule has 0 radical (unpaired) electrons. The van der Waals surface area contributed by atoms with Crippen LogP contribution in [0, 0.1) is 5.92 Å². The average Bonchev–Trinajstić information content (AvgIpc) is 2.85. The van der Waals surface area contributed by atoms with Crippen molar-refractivity contribution in [2.45, 2.75) is 25.7 Å². The van der Waals surface area contributed by atoms with Gasteiger partial charge in [-0.05, 0) is 43.0 Å². The summed E-state index contributed by atoms with van der Waals surface area (Å²) in [4.78, 5) is 39.1. The molecule has 1 saturated heterocycles. The summed E-state index contributed by atoms with van der Waals surface area (Å²) in [6, 6.07) is 14.7. The first-order valence-corrected chi connectivity index (χ1v) is 10.7. The number of nitrogens with one attached hydrogen (secondary N) is 2. The Balaban J connectivity index is 1.42. The Morgan fingerprint density at radius 3 is 2.28 bits per heavy atom. The lowest BCUT2D eigenvalue weighted by Gasteiger charge is -2.31. The van der Waals surface area contributed by atoms with E-state index in [1.165, 1.54) is 14.2 Å². The highest BCUT2D eigenvalue weighted by Crippen LogP contribution is 2.27. The Morgan fingerprint density at radius 2 is 1.62 bits per heavy atom. The van der Waals surface area contributed by atoms with Crippen LogP contribution in [0.2, 0.25) is 0 Å². The van der Waals surface area contributed by atoms with Crippen molar-refractivity contribution in [2.75, 3.05) is 27.3 Å². The van der Waals surface area contributed by atoms with Gasteiger partial charge in [-0.1, -0.05) is 30.3 Å². The summed E-state index contributed by atoms with van der Waals surface area (Å²) >= 11 is 0. The fourth-order valence-electron chi connectivity index (χ4n) is 3.72. The van der Waals surface area contributed by atoms with Crippen LogP contribution in [0.4, 0.5) is 0 Å². The van der Waals surface area contributed by atoms with Gasteiger partial charge in [-0.3, -0.25) is 25.2 Å². The quantitative estimate of drug-likeness (QED) is 0.646. The number of methoxy groups -OCH3 is 2. The molecule has 2 aromatic carbocycles. The van der Waals surface area contributed by atoms with Crippen LogP contribution < -0.4 is 20.3 Å². The number of hydrogen-bond donors (Lipinski definition) is 2. The van der Waals surface area contributed by atoms with Crippen molar-refractivity contribution in [2.24, 2.45) is 5.92 Å². The highest BCUT2D eigenvalue weighted by atomic mass is 16.5. The number of hydrazine groups is 1. The van der Waals surface area contributed by atoms with Crippen LogP contribution in [0.5, 0.6) is 11.5 Å². The summed E-state index contributed by atoms with van der Waals surface area (Å²) in [5, 5.41) is 0. The van der Waals surface area contributed by atoms with Crippen molar-refractivity contribution in [1.82, 2.24) is 15.8 Å². The van der Waals surface area contributed by atoms with E-state index in [4.69, 9.17) is 9.47 Å². The monoisotopic (exact) mass is 439 g/mol. The second kappa shape index (κ2) is 11.2. The molecular formula is C24H29N3O5. The highest BCUT2D eigenvalue weighted by Gasteiger charge is 2.27. The number of piperidine rings is 1. The molecule has 2 aromatic rings. The number of benzene rings is 2. The van der Waals surface area contributed by atoms with Crippen LogP contribution in [-0.2, 0) is 16.0 Å². The molecule has 0 unspecified atom stereocenters. The molecule has 0 saturated carbocycles. The molecule has 1 aliphatic rings. The maximum atomic E-state index is 12.5. The zero-order chi connectivity index (χ0) is 22.9. The summed E-state index contributed by atoms with van der Waals surface area (Å²) in [6.45, 7) is 1.07. The fraction of sp³-hybridized carbons (Fsp3) is 0.375. The van der Waals surface area contributed by atoms with Gasteiger partial charge in [0, 0.05) is 31.0 Å². The van der Waals surface area contributed by atoms with Gasteiger partial charge < -0.3 is 14.4 Å². The SMILES string of the molecule is COc1ccc(C(=O)NNC(=O)C2CCN(C(=O)CCc3ccccc3)CC2)cc1OC. The maximum Gasteiger partial charge on any atom is 0.269 e. The molecular weight excluding hydrogens is 410 g/mol. The van der Waals surface area contributed by atoms with E-state index in [2.05, 4.69) is 10.9 Å². The molecule has 1 aliphatic heterocycles. The Labute approximate surface area is 187 Å². The van der Waals surface area contributed by atoms with Gasteiger partial charge in [0.25, 0.3) is 5.91 Å². The van der Waals surface area contributed by atoms with E-state index < -0.39 is 5.91 Å². The topological polar surface area (TPSA) is 97.0 Å². The van der Waals surface area contributed by atoms with Crippen LogP contribution >= 0.6 is 0 Å². The van der Waals surface area contributed by atoms with E-state index in [0.29, 0.717) is 55.8 Å². The van der Waals surface area contributed by atoms with Gasteiger partial charge in [-0.2, -0.15) is 0 Å². The van der Waals surface area contributed by atoms with Crippen molar-refractivity contribution < 1.29 is 23.9 Å². The standard InChI is InChI=1S/C24H29N3O5/c1-31-20-10-9-19(16-21(20)32-2)24(30)26-25-23(29)18-12-14-27(15-13-18)22(28)11-8-17-6-4-3-5-7-17/h3-7,9-10,16,18H,8,11-15H2,1-2H3,(H,25,29)(H,26,30). The predicted molar refractivity (Wildman–Crippen MR) is 119 cm³/mol. The minimum Gasteiger partial charge on any atom is -0.493 e. The molecule has 0 aliphatic carbocycles. The first kappa shape index (κ1) is 23.1. The van der Waals surface area contributed by atoms with E-state index in [0.717, 1.165) is 5.56 Å². The molecule has 3 rings (SSSR count). The van der Waals surface area contributed by atoms with Crippen molar-refractivity contribution in [3.8, 4) is 11.5 Å². The smallest absolute Gasteiger partial charge is 0.269 e. The van der Waals surface area contributed by atoms with E-state index in [1.54, 1.807) is 18.2 Å². The van der Waals surface area contributed by atoms with Gasteiger partial charge in [-0.15, -0.1) is 0 Å². The molecule has 0 bridgehead atoms. The summed E-state index contributed by atoms with van der Waals surface area (Å²) < 4.78 is 10.4. The van der Waals surface area contributed by atoms with Crippen LogP contribution in [0.3, 0.4) is 0 Å². The van der Waals surface area contributed by atoms with Crippen molar-refractivity contribution in [3.05, 3.63) is 59.7 Å². The molecule has 1 heterocycles. The second-order valence-electron chi connectivity index (χ2n) is 7.65. The fourth-order valence-corrected chi connectivity index (χ4v) is 3.72. The number of aryl methyl sites for hydroxylation is 1. The number of carbonyl (C=O) groups excluding carboxylic acids is 3. The Kier molecular flexibility index (Phi) is 8.08. The third-order valence-electron chi connectivity index (χ3n) is 5.63. The van der Waals surface area contributed by atoms with Crippen LogP contribution in [-0.4, -0.2) is 49.9 Å². The van der Waals surface area contributed by atoms with Crippen molar-refractivity contribution in [1.29, 1.82) is 0 Å². The maximum absolute atomic E-state index is 12.5. The minimum atomic E-state index is -0.451. The summed E-state index contributed by atoms with van der Waals surface area (Å²) in [6.07, 6.45) is 2.30. The van der Waals surface area contributed by atoms with Gasteiger partial charge in [0.1, 0.15) is 0 Å². The lowest BCUT2D eigenvalue weighted by atomic mass is 9.95. The number of hydrogen-bond acceptors (Lipinski definition) is 5.